The molecule has 1 heterocycles. The lowest BCUT2D eigenvalue weighted by Gasteiger charge is -2.13. The lowest BCUT2D eigenvalue weighted by Crippen LogP contribution is -2.33. The van der Waals surface area contributed by atoms with Crippen molar-refractivity contribution in [2.75, 3.05) is 39.6 Å². The molecule has 7 nitrogen and oxygen atoms in total. The van der Waals surface area contributed by atoms with Gasteiger partial charge in [0.25, 0.3) is 11.8 Å². The molecule has 37 heavy (non-hydrogen) atoms. The lowest BCUT2D eigenvalue weighted by molar-refractivity contribution is -0.145. The first kappa shape index (κ1) is 31.0. The maximum atomic E-state index is 12.3. The predicted octanol–water partition coefficient (Wildman–Crippen LogP) is 6.34. The van der Waals surface area contributed by atoms with E-state index in [1.54, 1.807) is 24.3 Å². The van der Waals surface area contributed by atoms with Crippen molar-refractivity contribution in [3.05, 3.63) is 35.4 Å². The quantitative estimate of drug-likeness (QED) is 0.0957. The normalized spacial score (nSPS) is 12.8. The largest absolute Gasteiger partial charge is 0.463 e. The molecule has 1 aliphatic heterocycles. The summed E-state index contributed by atoms with van der Waals surface area (Å²) in [5, 5.41) is 0. The Morgan fingerprint density at radius 3 is 1.65 bits per heavy atom. The van der Waals surface area contributed by atoms with Gasteiger partial charge in [0.05, 0.1) is 44.1 Å². The highest BCUT2D eigenvalue weighted by Gasteiger charge is 2.34. The van der Waals surface area contributed by atoms with E-state index >= 15 is 0 Å². The third-order valence-corrected chi connectivity index (χ3v) is 6.68. The molecule has 2 amide bonds. The van der Waals surface area contributed by atoms with Crippen molar-refractivity contribution in [2.45, 2.75) is 96.8 Å². The van der Waals surface area contributed by atoms with E-state index in [4.69, 9.17) is 14.2 Å². The van der Waals surface area contributed by atoms with E-state index in [-0.39, 0.29) is 37.5 Å². The van der Waals surface area contributed by atoms with Crippen LogP contribution >= 0.6 is 0 Å². The van der Waals surface area contributed by atoms with Gasteiger partial charge in [-0.15, -0.1) is 0 Å². The third-order valence-electron chi connectivity index (χ3n) is 6.68. The van der Waals surface area contributed by atoms with Crippen molar-refractivity contribution in [1.29, 1.82) is 0 Å². The second kappa shape index (κ2) is 19.8. The number of carbonyl (C=O) groups is 3. The van der Waals surface area contributed by atoms with E-state index in [0.717, 1.165) is 12.8 Å². The number of hydrogen-bond acceptors (Lipinski definition) is 6. The summed E-state index contributed by atoms with van der Waals surface area (Å²) >= 11 is 0. The highest BCUT2D eigenvalue weighted by molar-refractivity contribution is 6.21. The molecule has 0 aromatic heterocycles. The number of fused-ring (bicyclic) bond motifs is 1. The minimum absolute atomic E-state index is 0.163. The first-order chi connectivity index (χ1) is 18.1. The predicted molar refractivity (Wildman–Crippen MR) is 145 cm³/mol. The molecule has 2 rings (SSSR count). The Hall–Kier alpha value is -2.25. The topological polar surface area (TPSA) is 82.1 Å². The Bertz CT molecular complexity index is 761. The van der Waals surface area contributed by atoms with E-state index in [0.29, 0.717) is 37.4 Å². The summed E-state index contributed by atoms with van der Waals surface area (Å²) in [5.74, 6) is -0.717. The molecule has 0 N–H and O–H groups in total. The summed E-state index contributed by atoms with van der Waals surface area (Å²) in [5.41, 5.74) is 0.888. The molecular weight excluding hydrogens is 470 g/mol. The second-order valence-electron chi connectivity index (χ2n) is 9.75. The molecule has 0 saturated heterocycles. The van der Waals surface area contributed by atoms with E-state index in [9.17, 15) is 14.4 Å². The fraction of sp³-hybridized carbons (Fsp3) is 0.700. The second-order valence-corrected chi connectivity index (χ2v) is 9.75. The molecule has 1 aromatic carbocycles. The molecule has 0 aliphatic carbocycles. The first-order valence-electron chi connectivity index (χ1n) is 14.4. The van der Waals surface area contributed by atoms with Crippen molar-refractivity contribution >= 4 is 17.8 Å². The van der Waals surface area contributed by atoms with Crippen molar-refractivity contribution in [3.8, 4) is 0 Å². The average molecular weight is 518 g/mol. The van der Waals surface area contributed by atoms with Gasteiger partial charge < -0.3 is 14.2 Å². The van der Waals surface area contributed by atoms with Crippen LogP contribution in [0, 0.1) is 0 Å². The van der Waals surface area contributed by atoms with Gasteiger partial charge in [-0.1, -0.05) is 96.1 Å². The van der Waals surface area contributed by atoms with Gasteiger partial charge in [-0.25, -0.2) is 0 Å². The number of imide groups is 1. The van der Waals surface area contributed by atoms with Crippen LogP contribution in [0.1, 0.15) is 118 Å². The van der Waals surface area contributed by atoms with Gasteiger partial charge in [0.1, 0.15) is 6.61 Å². The molecule has 0 radical (unpaired) electrons. The van der Waals surface area contributed by atoms with E-state index in [1.165, 1.54) is 75.5 Å². The van der Waals surface area contributed by atoms with Crippen molar-refractivity contribution in [1.82, 2.24) is 4.90 Å². The van der Waals surface area contributed by atoms with Crippen LogP contribution in [0.2, 0.25) is 0 Å². The van der Waals surface area contributed by atoms with Gasteiger partial charge in [0.2, 0.25) is 0 Å². The SMILES string of the molecule is CCCCCCCCCCCCCCCC(=O)OCCOCCOCCN1C(=O)c2ccccc2C1=O. The van der Waals surface area contributed by atoms with Gasteiger partial charge in [-0.2, -0.15) is 0 Å². The summed E-state index contributed by atoms with van der Waals surface area (Å²) in [4.78, 5) is 37.6. The summed E-state index contributed by atoms with van der Waals surface area (Å²) < 4.78 is 16.1. The van der Waals surface area contributed by atoms with Crippen LogP contribution in [0.4, 0.5) is 0 Å². The molecule has 0 bridgehead atoms. The van der Waals surface area contributed by atoms with Crippen molar-refractivity contribution in [3.63, 3.8) is 0 Å². The van der Waals surface area contributed by atoms with Crippen LogP contribution in [-0.2, 0) is 19.0 Å². The van der Waals surface area contributed by atoms with Gasteiger partial charge in [0, 0.05) is 6.42 Å². The smallest absolute Gasteiger partial charge is 0.305 e. The molecule has 1 aromatic rings. The number of benzene rings is 1. The Morgan fingerprint density at radius 2 is 1.11 bits per heavy atom. The minimum Gasteiger partial charge on any atom is -0.463 e. The van der Waals surface area contributed by atoms with Gasteiger partial charge in [0.15, 0.2) is 0 Å². The maximum Gasteiger partial charge on any atom is 0.305 e. The number of amides is 2. The molecular formula is C30H47NO6. The molecule has 7 heteroatoms. The van der Waals surface area contributed by atoms with Gasteiger partial charge in [-0.3, -0.25) is 19.3 Å². The fourth-order valence-corrected chi connectivity index (χ4v) is 4.49. The number of unbranched alkanes of at least 4 members (excludes halogenated alkanes) is 12. The maximum absolute atomic E-state index is 12.3. The van der Waals surface area contributed by atoms with Crippen LogP contribution in [0.5, 0.6) is 0 Å². The Morgan fingerprint density at radius 1 is 0.649 bits per heavy atom. The summed E-state index contributed by atoms with van der Waals surface area (Å²) in [6, 6.07) is 6.82. The summed E-state index contributed by atoms with van der Waals surface area (Å²) in [7, 11) is 0. The number of hydrogen-bond donors (Lipinski definition) is 0. The number of esters is 1. The molecule has 208 valence electrons. The monoisotopic (exact) mass is 517 g/mol. The van der Waals surface area contributed by atoms with Crippen LogP contribution < -0.4 is 0 Å². The van der Waals surface area contributed by atoms with Crippen LogP contribution in [0.3, 0.4) is 0 Å². The number of rotatable bonds is 23. The van der Waals surface area contributed by atoms with Gasteiger partial charge in [-0.05, 0) is 18.6 Å². The highest BCUT2D eigenvalue weighted by atomic mass is 16.6. The van der Waals surface area contributed by atoms with Crippen LogP contribution in [-0.4, -0.2) is 62.3 Å². The Labute approximate surface area is 223 Å². The zero-order valence-electron chi connectivity index (χ0n) is 22.8. The van der Waals surface area contributed by atoms with Crippen molar-refractivity contribution < 1.29 is 28.6 Å². The van der Waals surface area contributed by atoms with E-state index in [1.807, 2.05) is 0 Å². The molecule has 0 fully saturated rings. The summed E-state index contributed by atoms with van der Waals surface area (Å²) in [6.45, 7) is 3.99. The number of ether oxygens (including phenoxy) is 3. The van der Waals surface area contributed by atoms with Crippen LogP contribution in [0.15, 0.2) is 24.3 Å². The Balaban J connectivity index is 1.31. The third kappa shape index (κ3) is 12.7. The zero-order valence-corrected chi connectivity index (χ0v) is 22.8. The fourth-order valence-electron chi connectivity index (χ4n) is 4.49. The Kier molecular flexibility index (Phi) is 16.6. The molecule has 0 atom stereocenters. The molecule has 0 spiro atoms. The van der Waals surface area contributed by atoms with Gasteiger partial charge >= 0.3 is 5.97 Å². The molecule has 0 saturated carbocycles. The van der Waals surface area contributed by atoms with Crippen molar-refractivity contribution in [2.24, 2.45) is 0 Å². The number of carbonyl (C=O) groups excluding carboxylic acids is 3. The average Bonchev–Trinajstić information content (AvgIpc) is 3.15. The first-order valence-corrected chi connectivity index (χ1v) is 14.4. The number of nitrogens with zero attached hydrogens (tertiary/aromatic N) is 1. The van der Waals surface area contributed by atoms with E-state index in [2.05, 4.69) is 6.92 Å². The minimum atomic E-state index is -0.277. The van der Waals surface area contributed by atoms with Crippen LogP contribution in [0.25, 0.3) is 0 Å². The summed E-state index contributed by atoms with van der Waals surface area (Å²) in [6.07, 6.45) is 17.2. The molecule has 1 aliphatic rings. The molecule has 0 unspecified atom stereocenters. The highest BCUT2D eigenvalue weighted by Crippen LogP contribution is 2.21. The lowest BCUT2D eigenvalue weighted by atomic mass is 10.0. The van der Waals surface area contributed by atoms with E-state index < -0.39 is 0 Å². The standard InChI is InChI=1S/C30H47NO6/c1-2-3-4-5-6-7-8-9-10-11-12-13-14-19-28(32)37-25-24-36-23-22-35-21-20-31-29(33)26-17-15-16-18-27(26)30(31)34/h15-18H,2-14,19-25H2,1H3. The zero-order chi connectivity index (χ0) is 26.6.